The second-order valence-electron chi connectivity index (χ2n) is 5.40. The lowest BCUT2D eigenvalue weighted by atomic mass is 9.93. The molecule has 0 radical (unpaired) electrons. The van der Waals surface area contributed by atoms with E-state index in [4.69, 9.17) is 0 Å². The second-order valence-corrected chi connectivity index (χ2v) is 5.40. The summed E-state index contributed by atoms with van der Waals surface area (Å²) in [5.74, 6) is 1.30. The van der Waals surface area contributed by atoms with Crippen molar-refractivity contribution in [3.8, 4) is 0 Å². The van der Waals surface area contributed by atoms with Crippen molar-refractivity contribution in [2.24, 2.45) is 11.8 Å². The molecule has 0 aromatic carbocycles. The summed E-state index contributed by atoms with van der Waals surface area (Å²) in [5.41, 5.74) is 0. The topological polar surface area (TPSA) is 44.4 Å². The number of piperidine rings is 2. The smallest absolute Gasteiger partial charge is 0.222 e. The number of nitrogens with one attached hydrogen (secondary N) is 2. The molecule has 0 aromatic rings. The molecule has 1 atom stereocenters. The molecule has 0 bridgehead atoms. The summed E-state index contributed by atoms with van der Waals surface area (Å²) in [5, 5.41) is 6.23. The van der Waals surface area contributed by atoms with E-state index in [2.05, 4.69) is 15.5 Å². The van der Waals surface area contributed by atoms with Crippen molar-refractivity contribution in [2.75, 3.05) is 39.8 Å². The third kappa shape index (κ3) is 3.68. The maximum atomic E-state index is 11.5. The Bertz CT molecular complexity index is 243. The summed E-state index contributed by atoms with van der Waals surface area (Å²) in [6.45, 7) is 5.77. The van der Waals surface area contributed by atoms with Gasteiger partial charge in [-0.05, 0) is 57.8 Å². The van der Waals surface area contributed by atoms with Crippen LogP contribution in [0.15, 0.2) is 0 Å². The fourth-order valence-corrected chi connectivity index (χ4v) is 3.03. The van der Waals surface area contributed by atoms with Gasteiger partial charge in [-0.15, -0.1) is 0 Å². The van der Waals surface area contributed by atoms with Gasteiger partial charge < -0.3 is 15.5 Å². The van der Waals surface area contributed by atoms with Crippen LogP contribution in [0.3, 0.4) is 0 Å². The number of carbonyl (C=O) groups excluding carboxylic acids is 1. The number of hydrogen-bond donors (Lipinski definition) is 2. The number of rotatable bonds is 3. The Kier molecular flexibility index (Phi) is 4.80. The van der Waals surface area contributed by atoms with E-state index in [0.29, 0.717) is 0 Å². The molecule has 17 heavy (non-hydrogen) atoms. The number of amides is 1. The molecule has 2 rings (SSSR count). The predicted molar refractivity (Wildman–Crippen MR) is 68.8 cm³/mol. The van der Waals surface area contributed by atoms with Gasteiger partial charge in [-0.3, -0.25) is 4.79 Å². The third-order valence-electron chi connectivity index (χ3n) is 4.12. The lowest BCUT2D eigenvalue weighted by Gasteiger charge is -2.34. The summed E-state index contributed by atoms with van der Waals surface area (Å²) in [7, 11) is 1.74. The molecule has 2 fully saturated rings. The molecular weight excluding hydrogens is 214 g/mol. The zero-order chi connectivity index (χ0) is 12.1. The van der Waals surface area contributed by atoms with Crippen LogP contribution in [0.5, 0.6) is 0 Å². The van der Waals surface area contributed by atoms with Gasteiger partial charge >= 0.3 is 0 Å². The lowest BCUT2D eigenvalue weighted by molar-refractivity contribution is -0.125. The molecule has 1 amide bonds. The first-order valence-corrected chi connectivity index (χ1v) is 6.94. The van der Waals surface area contributed by atoms with Crippen LogP contribution in [0.1, 0.15) is 25.7 Å². The SMILES string of the molecule is CNC(=O)C1CCN(CC2CCCNC2)CC1. The normalized spacial score (nSPS) is 27.9. The molecule has 2 N–H and O–H groups in total. The van der Waals surface area contributed by atoms with Crippen molar-refractivity contribution in [3.63, 3.8) is 0 Å². The van der Waals surface area contributed by atoms with Gasteiger partial charge in [-0.2, -0.15) is 0 Å². The van der Waals surface area contributed by atoms with Gasteiger partial charge in [0.1, 0.15) is 0 Å². The highest BCUT2D eigenvalue weighted by Crippen LogP contribution is 2.20. The highest BCUT2D eigenvalue weighted by Gasteiger charge is 2.25. The minimum absolute atomic E-state index is 0.226. The van der Waals surface area contributed by atoms with Crippen LogP contribution in [-0.4, -0.2) is 50.6 Å². The molecule has 0 aromatic heterocycles. The summed E-state index contributed by atoms with van der Waals surface area (Å²) in [4.78, 5) is 14.1. The van der Waals surface area contributed by atoms with Crippen molar-refractivity contribution in [3.05, 3.63) is 0 Å². The van der Waals surface area contributed by atoms with E-state index in [1.165, 1.54) is 32.5 Å². The van der Waals surface area contributed by atoms with Crippen LogP contribution in [-0.2, 0) is 4.79 Å². The predicted octanol–water partition coefficient (Wildman–Crippen LogP) is 0.444. The number of carbonyl (C=O) groups is 1. The zero-order valence-corrected chi connectivity index (χ0v) is 10.9. The van der Waals surface area contributed by atoms with E-state index in [1.54, 1.807) is 7.05 Å². The van der Waals surface area contributed by atoms with E-state index in [9.17, 15) is 4.79 Å². The minimum Gasteiger partial charge on any atom is -0.359 e. The Balaban J connectivity index is 1.69. The largest absolute Gasteiger partial charge is 0.359 e. The van der Waals surface area contributed by atoms with Gasteiger partial charge in [0.05, 0.1) is 0 Å². The minimum atomic E-state index is 0.226. The maximum absolute atomic E-state index is 11.5. The monoisotopic (exact) mass is 239 g/mol. The molecule has 98 valence electrons. The number of hydrogen-bond acceptors (Lipinski definition) is 3. The molecule has 2 aliphatic rings. The molecule has 0 spiro atoms. The highest BCUT2D eigenvalue weighted by atomic mass is 16.1. The summed E-state index contributed by atoms with van der Waals surface area (Å²) in [6, 6.07) is 0. The van der Waals surface area contributed by atoms with Crippen molar-refractivity contribution >= 4 is 5.91 Å². The van der Waals surface area contributed by atoms with Gasteiger partial charge in [0, 0.05) is 19.5 Å². The summed E-state index contributed by atoms with van der Waals surface area (Å²) < 4.78 is 0. The third-order valence-corrected chi connectivity index (χ3v) is 4.12. The van der Waals surface area contributed by atoms with Gasteiger partial charge in [0.2, 0.25) is 5.91 Å². The first-order valence-electron chi connectivity index (χ1n) is 6.94. The molecule has 0 saturated carbocycles. The van der Waals surface area contributed by atoms with E-state index in [0.717, 1.165) is 31.8 Å². The summed E-state index contributed by atoms with van der Waals surface area (Å²) in [6.07, 6.45) is 4.74. The first kappa shape index (κ1) is 12.8. The lowest BCUT2D eigenvalue weighted by Crippen LogP contribution is -2.44. The van der Waals surface area contributed by atoms with Crippen LogP contribution in [0, 0.1) is 11.8 Å². The molecule has 2 saturated heterocycles. The zero-order valence-electron chi connectivity index (χ0n) is 10.9. The van der Waals surface area contributed by atoms with E-state index >= 15 is 0 Å². The molecule has 2 aliphatic heterocycles. The van der Waals surface area contributed by atoms with Crippen LogP contribution >= 0.6 is 0 Å². The molecular formula is C13H25N3O. The standard InChI is InChI=1S/C13H25N3O/c1-14-13(17)12-4-7-16(8-5-12)10-11-3-2-6-15-9-11/h11-12,15H,2-10H2,1H3,(H,14,17). The molecule has 4 heteroatoms. The number of likely N-dealkylation sites (tertiary alicyclic amines) is 1. The Hall–Kier alpha value is -0.610. The molecule has 1 unspecified atom stereocenters. The quantitative estimate of drug-likeness (QED) is 0.751. The van der Waals surface area contributed by atoms with Crippen molar-refractivity contribution in [2.45, 2.75) is 25.7 Å². The Morgan fingerprint density at radius 1 is 1.35 bits per heavy atom. The average molecular weight is 239 g/mol. The van der Waals surface area contributed by atoms with E-state index in [1.807, 2.05) is 0 Å². The van der Waals surface area contributed by atoms with E-state index < -0.39 is 0 Å². The fraction of sp³-hybridized carbons (Fsp3) is 0.923. The fourth-order valence-electron chi connectivity index (χ4n) is 3.03. The average Bonchev–Trinajstić information content (AvgIpc) is 2.40. The highest BCUT2D eigenvalue weighted by molar-refractivity contribution is 5.78. The van der Waals surface area contributed by atoms with Gasteiger partial charge in [-0.1, -0.05) is 0 Å². The van der Waals surface area contributed by atoms with Gasteiger partial charge in [0.25, 0.3) is 0 Å². The van der Waals surface area contributed by atoms with Crippen LogP contribution < -0.4 is 10.6 Å². The first-order chi connectivity index (χ1) is 8.29. The van der Waals surface area contributed by atoms with E-state index in [-0.39, 0.29) is 11.8 Å². The van der Waals surface area contributed by atoms with Gasteiger partial charge in [0.15, 0.2) is 0 Å². The maximum Gasteiger partial charge on any atom is 0.222 e. The van der Waals surface area contributed by atoms with Crippen molar-refractivity contribution in [1.82, 2.24) is 15.5 Å². The van der Waals surface area contributed by atoms with Crippen LogP contribution in [0.2, 0.25) is 0 Å². The molecule has 2 heterocycles. The van der Waals surface area contributed by atoms with Gasteiger partial charge in [-0.25, -0.2) is 0 Å². The van der Waals surface area contributed by atoms with Crippen molar-refractivity contribution < 1.29 is 4.79 Å². The Morgan fingerprint density at radius 2 is 2.12 bits per heavy atom. The molecule has 0 aliphatic carbocycles. The summed E-state index contributed by atoms with van der Waals surface area (Å²) >= 11 is 0. The molecule has 4 nitrogen and oxygen atoms in total. The van der Waals surface area contributed by atoms with Crippen LogP contribution in [0.25, 0.3) is 0 Å². The Morgan fingerprint density at radius 3 is 2.71 bits per heavy atom. The van der Waals surface area contributed by atoms with Crippen molar-refractivity contribution in [1.29, 1.82) is 0 Å². The Labute approximate surface area is 104 Å². The van der Waals surface area contributed by atoms with Crippen LogP contribution in [0.4, 0.5) is 0 Å². The second kappa shape index (κ2) is 6.36. The number of nitrogens with zero attached hydrogens (tertiary/aromatic N) is 1.